The van der Waals surface area contributed by atoms with Crippen molar-refractivity contribution in [3.05, 3.63) is 95.6 Å². The second-order valence-electron chi connectivity index (χ2n) is 7.12. The van der Waals surface area contributed by atoms with Crippen LogP contribution in [0.15, 0.2) is 73.1 Å². The van der Waals surface area contributed by atoms with Crippen molar-refractivity contribution in [1.82, 2.24) is 15.1 Å². The number of nitrogens with zero attached hydrogens (tertiary/aromatic N) is 2. The molecule has 0 aliphatic carbocycles. The lowest BCUT2D eigenvalue weighted by molar-refractivity contribution is 0.472. The monoisotopic (exact) mass is 402 g/mol. The van der Waals surface area contributed by atoms with Gasteiger partial charge in [0.1, 0.15) is 12.1 Å². The molecule has 0 aliphatic heterocycles. The number of aryl methyl sites for hydroxylation is 1. The molecule has 30 heavy (non-hydrogen) atoms. The number of anilines is 1. The first-order valence-electron chi connectivity index (χ1n) is 9.68. The Labute approximate surface area is 174 Å². The Morgan fingerprint density at radius 3 is 2.50 bits per heavy atom. The van der Waals surface area contributed by atoms with Crippen LogP contribution in [0.1, 0.15) is 16.7 Å². The molecule has 3 aromatic carbocycles. The van der Waals surface area contributed by atoms with Gasteiger partial charge in [0.15, 0.2) is 0 Å². The van der Waals surface area contributed by atoms with Gasteiger partial charge in [-0.1, -0.05) is 29.8 Å². The molecule has 0 fully saturated rings. The van der Waals surface area contributed by atoms with Crippen molar-refractivity contribution in [3.63, 3.8) is 0 Å². The summed E-state index contributed by atoms with van der Waals surface area (Å²) in [5, 5.41) is 21.8. The molecule has 4 rings (SSSR count). The number of aromatic nitrogens is 2. The fourth-order valence-corrected chi connectivity index (χ4v) is 3.40. The first kappa shape index (κ1) is 19.5. The van der Waals surface area contributed by atoms with Crippen molar-refractivity contribution < 1.29 is 9.50 Å². The number of aliphatic hydroxyl groups is 1. The minimum atomic E-state index is -0.294. The quantitative estimate of drug-likeness (QED) is 0.390. The van der Waals surface area contributed by atoms with Crippen LogP contribution < -0.4 is 10.6 Å². The summed E-state index contributed by atoms with van der Waals surface area (Å²) in [6.07, 6.45) is 2.84. The van der Waals surface area contributed by atoms with E-state index < -0.39 is 0 Å². The van der Waals surface area contributed by atoms with Crippen LogP contribution in [0.4, 0.5) is 10.1 Å². The van der Waals surface area contributed by atoms with Crippen LogP contribution in [0.25, 0.3) is 22.3 Å². The van der Waals surface area contributed by atoms with Crippen LogP contribution in [0.2, 0.25) is 0 Å². The molecule has 152 valence electrons. The molecule has 0 saturated heterocycles. The zero-order valence-corrected chi connectivity index (χ0v) is 16.9. The Morgan fingerprint density at radius 1 is 1.10 bits per heavy atom. The number of aliphatic hydroxyl groups excluding tert-OH is 1. The van der Waals surface area contributed by atoms with E-state index in [2.05, 4.69) is 46.9 Å². The summed E-state index contributed by atoms with van der Waals surface area (Å²) in [7, 11) is 1.84. The average Bonchev–Trinajstić information content (AvgIpc) is 3.19. The summed E-state index contributed by atoms with van der Waals surface area (Å²) in [5.74, 6) is -0.294. The summed E-state index contributed by atoms with van der Waals surface area (Å²) in [6, 6.07) is 18.4. The molecule has 0 radical (unpaired) electrons. The van der Waals surface area contributed by atoms with Gasteiger partial charge in [0.25, 0.3) is 0 Å². The van der Waals surface area contributed by atoms with Crippen molar-refractivity contribution in [2.75, 3.05) is 12.4 Å². The Kier molecular flexibility index (Phi) is 5.39. The fraction of sp³-hybridized carbons (Fsp3) is 0.125. The summed E-state index contributed by atoms with van der Waals surface area (Å²) in [4.78, 5) is 0. The summed E-state index contributed by atoms with van der Waals surface area (Å²) >= 11 is 0. The maximum absolute atomic E-state index is 13.3. The highest BCUT2D eigenvalue weighted by atomic mass is 19.1. The minimum absolute atomic E-state index is 0.294. The van der Waals surface area contributed by atoms with Gasteiger partial charge in [-0.25, -0.2) is 9.07 Å². The van der Waals surface area contributed by atoms with Gasteiger partial charge in [-0.2, -0.15) is 5.10 Å². The van der Waals surface area contributed by atoms with Gasteiger partial charge in [-0.15, -0.1) is 0 Å². The molecule has 0 atom stereocenters. The van der Waals surface area contributed by atoms with Gasteiger partial charge in [0.05, 0.1) is 23.1 Å². The SMILES string of the molecule is CNc1cc(/C(=C/O)NCc2ccc(C)cc2)c2cnn(-c3ccc(F)cc3)c2c1. The summed E-state index contributed by atoms with van der Waals surface area (Å²) < 4.78 is 15.1. The minimum Gasteiger partial charge on any atom is -0.513 e. The first-order valence-corrected chi connectivity index (χ1v) is 9.68. The lowest BCUT2D eigenvalue weighted by atomic mass is 10.1. The third-order valence-electron chi connectivity index (χ3n) is 5.07. The molecule has 5 nitrogen and oxygen atoms in total. The molecule has 0 aliphatic rings. The van der Waals surface area contributed by atoms with Gasteiger partial charge in [-0.05, 0) is 48.9 Å². The molecule has 1 aromatic heterocycles. The lowest BCUT2D eigenvalue weighted by Gasteiger charge is -2.14. The van der Waals surface area contributed by atoms with Crippen LogP contribution >= 0.6 is 0 Å². The van der Waals surface area contributed by atoms with E-state index in [4.69, 9.17) is 0 Å². The fourth-order valence-electron chi connectivity index (χ4n) is 3.40. The number of rotatable bonds is 6. The highest BCUT2D eigenvalue weighted by molar-refractivity contribution is 5.94. The smallest absolute Gasteiger partial charge is 0.123 e. The van der Waals surface area contributed by atoms with E-state index in [9.17, 15) is 9.50 Å². The van der Waals surface area contributed by atoms with E-state index in [1.54, 1.807) is 23.0 Å². The molecular weight excluding hydrogens is 379 g/mol. The number of hydrogen-bond acceptors (Lipinski definition) is 4. The van der Waals surface area contributed by atoms with Crippen LogP contribution in [0.5, 0.6) is 0 Å². The molecule has 3 N–H and O–H groups in total. The zero-order chi connectivity index (χ0) is 21.1. The third kappa shape index (κ3) is 3.85. The normalized spacial score (nSPS) is 11.6. The molecule has 0 bridgehead atoms. The van der Waals surface area contributed by atoms with Gasteiger partial charge in [0.2, 0.25) is 0 Å². The summed E-state index contributed by atoms with van der Waals surface area (Å²) in [5.41, 5.74) is 6.21. The highest BCUT2D eigenvalue weighted by Crippen LogP contribution is 2.30. The number of hydrogen-bond donors (Lipinski definition) is 3. The Hall–Kier alpha value is -3.80. The van der Waals surface area contributed by atoms with Crippen LogP contribution in [-0.4, -0.2) is 21.9 Å². The number of benzene rings is 3. The lowest BCUT2D eigenvalue weighted by Crippen LogP contribution is -2.12. The van der Waals surface area contributed by atoms with E-state index in [0.29, 0.717) is 12.2 Å². The van der Waals surface area contributed by atoms with Gasteiger partial charge >= 0.3 is 0 Å². The number of fused-ring (bicyclic) bond motifs is 1. The molecule has 1 heterocycles. The second-order valence-corrected chi connectivity index (χ2v) is 7.12. The third-order valence-corrected chi connectivity index (χ3v) is 5.07. The van der Waals surface area contributed by atoms with Crippen molar-refractivity contribution in [2.45, 2.75) is 13.5 Å². The maximum atomic E-state index is 13.3. The van der Waals surface area contributed by atoms with E-state index in [1.165, 1.54) is 17.7 Å². The standard InChI is InChI=1S/C24H23FN4O/c1-16-3-5-17(6-4-16)13-27-23(15-30)21-11-19(26-2)12-24-22(21)14-28-29(24)20-9-7-18(25)8-10-20/h3-12,14-15,26-27,30H,13H2,1-2H3/b23-15-. The summed E-state index contributed by atoms with van der Waals surface area (Å²) in [6.45, 7) is 2.62. The van der Waals surface area contributed by atoms with Gasteiger partial charge in [0, 0.05) is 30.2 Å². The first-order chi connectivity index (χ1) is 14.6. The van der Waals surface area contributed by atoms with Crippen molar-refractivity contribution in [1.29, 1.82) is 0 Å². The maximum Gasteiger partial charge on any atom is 0.123 e. The molecule has 6 heteroatoms. The Bertz CT molecular complexity index is 1190. The van der Waals surface area contributed by atoms with E-state index in [0.717, 1.165) is 39.7 Å². The zero-order valence-electron chi connectivity index (χ0n) is 16.9. The van der Waals surface area contributed by atoms with Gasteiger partial charge in [-0.3, -0.25) is 0 Å². The predicted molar refractivity (Wildman–Crippen MR) is 119 cm³/mol. The highest BCUT2D eigenvalue weighted by Gasteiger charge is 2.14. The Morgan fingerprint density at radius 2 is 1.83 bits per heavy atom. The Balaban J connectivity index is 1.73. The predicted octanol–water partition coefficient (Wildman–Crippen LogP) is 5.16. The number of halogens is 1. The van der Waals surface area contributed by atoms with E-state index >= 15 is 0 Å². The van der Waals surface area contributed by atoms with Crippen LogP contribution in [-0.2, 0) is 6.54 Å². The average molecular weight is 402 g/mol. The van der Waals surface area contributed by atoms with Crippen molar-refractivity contribution >= 4 is 22.3 Å². The topological polar surface area (TPSA) is 62.1 Å². The van der Waals surface area contributed by atoms with Crippen molar-refractivity contribution in [2.24, 2.45) is 0 Å². The van der Waals surface area contributed by atoms with Gasteiger partial charge < -0.3 is 15.7 Å². The molecule has 4 aromatic rings. The van der Waals surface area contributed by atoms with Crippen molar-refractivity contribution in [3.8, 4) is 5.69 Å². The molecule has 0 saturated carbocycles. The number of nitrogens with one attached hydrogen (secondary N) is 2. The van der Waals surface area contributed by atoms with E-state index in [-0.39, 0.29) is 5.82 Å². The molecule has 0 spiro atoms. The largest absolute Gasteiger partial charge is 0.513 e. The van der Waals surface area contributed by atoms with Crippen LogP contribution in [0.3, 0.4) is 0 Å². The second kappa shape index (κ2) is 8.29. The van der Waals surface area contributed by atoms with E-state index in [1.807, 2.05) is 19.2 Å². The molecule has 0 amide bonds. The molecular formula is C24H23FN4O. The molecule has 0 unspecified atom stereocenters. The van der Waals surface area contributed by atoms with Crippen LogP contribution in [0, 0.1) is 12.7 Å².